The van der Waals surface area contributed by atoms with Gasteiger partial charge in [-0.2, -0.15) is 0 Å². The number of carbonyl (C=O) groups excluding carboxylic acids is 4. The van der Waals surface area contributed by atoms with Crippen molar-refractivity contribution in [3.63, 3.8) is 0 Å². The quantitative estimate of drug-likeness (QED) is 0.0932. The lowest BCUT2D eigenvalue weighted by molar-refractivity contribution is -0.137. The molecular formula is C45H54N8O5. The Morgan fingerprint density at radius 2 is 1.52 bits per heavy atom. The molecule has 2 spiro atoms. The number of nitrogens with one attached hydrogen (secondary N) is 3. The van der Waals surface area contributed by atoms with Crippen molar-refractivity contribution >= 4 is 34.8 Å². The van der Waals surface area contributed by atoms with E-state index < -0.39 is 18.0 Å². The predicted molar refractivity (Wildman–Crippen MR) is 219 cm³/mol. The van der Waals surface area contributed by atoms with E-state index in [-0.39, 0.29) is 53.0 Å². The van der Waals surface area contributed by atoms with E-state index in [0.29, 0.717) is 31.6 Å². The summed E-state index contributed by atoms with van der Waals surface area (Å²) < 4.78 is 4.82. The number of methoxy groups -OCH3 is 1. The van der Waals surface area contributed by atoms with E-state index >= 15 is 0 Å². The molecule has 4 amide bonds. The third kappa shape index (κ3) is 8.20. The zero-order valence-corrected chi connectivity index (χ0v) is 33.9. The molecule has 2 aromatic heterocycles. The van der Waals surface area contributed by atoms with Crippen LogP contribution in [-0.2, 0) is 19.1 Å². The van der Waals surface area contributed by atoms with E-state index in [2.05, 4.69) is 45.9 Å². The molecule has 2 aliphatic heterocycles. The van der Waals surface area contributed by atoms with Crippen LogP contribution in [0.5, 0.6) is 0 Å². The lowest BCUT2D eigenvalue weighted by Gasteiger charge is -2.28. The first-order chi connectivity index (χ1) is 27.8. The van der Waals surface area contributed by atoms with Crippen molar-refractivity contribution in [2.24, 2.45) is 28.4 Å². The fourth-order valence-electron chi connectivity index (χ4n) is 8.79. The van der Waals surface area contributed by atoms with Gasteiger partial charge in [0.2, 0.25) is 17.7 Å². The van der Waals surface area contributed by atoms with Gasteiger partial charge < -0.3 is 35.6 Å². The molecule has 304 valence electrons. The summed E-state index contributed by atoms with van der Waals surface area (Å²) in [7, 11) is 1.27. The van der Waals surface area contributed by atoms with Gasteiger partial charge in [0.25, 0.3) is 0 Å². The molecule has 2 saturated carbocycles. The Labute approximate surface area is 339 Å². The van der Waals surface area contributed by atoms with Crippen molar-refractivity contribution in [1.82, 2.24) is 35.1 Å². The number of rotatable bonds is 12. The molecule has 4 aromatic rings. The summed E-state index contributed by atoms with van der Waals surface area (Å²) in [5.74, 6) is 8.09. The summed E-state index contributed by atoms with van der Waals surface area (Å²) in [6.45, 7) is 7.68. The normalized spacial score (nSPS) is 20.9. The second kappa shape index (κ2) is 15.6. The molecule has 4 heterocycles. The SMILES string of the molecule is COC(=O)N[C@@H](CCCCC(N)=O)C(=O)N1CC2(CC2)C[C@H]1c1ncc(-c2ccc(C#Cc3ccc4nc([C@@H]5CC6(CC6)CN5C(=O)[C@@H](C)C(C)C)[nH]c4c3)cc2)[nH]1. The fourth-order valence-corrected chi connectivity index (χ4v) is 8.79. The number of hydrogen-bond acceptors (Lipinski definition) is 7. The van der Waals surface area contributed by atoms with Crippen LogP contribution in [0.15, 0.2) is 48.7 Å². The van der Waals surface area contributed by atoms with E-state index in [4.69, 9.17) is 20.4 Å². The molecule has 2 aliphatic carbocycles. The number of H-pyrrole nitrogens is 2. The Bertz CT molecular complexity index is 2270. The number of fused-ring (bicyclic) bond motifs is 1. The van der Waals surface area contributed by atoms with Crippen molar-refractivity contribution in [3.8, 4) is 23.1 Å². The van der Waals surface area contributed by atoms with E-state index in [1.54, 1.807) is 6.20 Å². The summed E-state index contributed by atoms with van der Waals surface area (Å²) in [6.07, 6.45) is 9.03. The van der Waals surface area contributed by atoms with Gasteiger partial charge in [-0.15, -0.1) is 0 Å². The third-order valence-corrected chi connectivity index (χ3v) is 13.1. The topological polar surface area (TPSA) is 179 Å². The number of primary amides is 1. The number of nitrogens with zero attached hydrogens (tertiary/aromatic N) is 4. The van der Waals surface area contributed by atoms with Crippen LogP contribution in [0.3, 0.4) is 0 Å². The molecule has 2 saturated heterocycles. The molecule has 8 rings (SSSR count). The minimum Gasteiger partial charge on any atom is -0.453 e. The monoisotopic (exact) mass is 786 g/mol. The largest absolute Gasteiger partial charge is 0.453 e. The Morgan fingerprint density at radius 3 is 2.16 bits per heavy atom. The van der Waals surface area contributed by atoms with Gasteiger partial charge in [-0.1, -0.05) is 51.2 Å². The third-order valence-electron chi connectivity index (χ3n) is 13.1. The minimum absolute atomic E-state index is 0.0279. The van der Waals surface area contributed by atoms with Crippen molar-refractivity contribution in [2.45, 2.75) is 103 Å². The van der Waals surface area contributed by atoms with E-state index in [1.165, 1.54) is 20.0 Å². The number of imidazole rings is 2. The van der Waals surface area contributed by atoms with Crippen molar-refractivity contribution in [1.29, 1.82) is 0 Å². The molecule has 2 aromatic carbocycles. The van der Waals surface area contributed by atoms with E-state index in [0.717, 1.165) is 71.5 Å². The number of ether oxygens (including phenoxy) is 1. The highest BCUT2D eigenvalue weighted by Gasteiger charge is 2.56. The van der Waals surface area contributed by atoms with Gasteiger partial charge in [0.05, 0.1) is 42.1 Å². The molecule has 5 N–H and O–H groups in total. The van der Waals surface area contributed by atoms with Crippen LogP contribution in [-0.4, -0.2) is 79.8 Å². The molecule has 4 aliphatic rings. The molecule has 4 fully saturated rings. The number of aromatic nitrogens is 4. The summed E-state index contributed by atoms with van der Waals surface area (Å²) in [6, 6.07) is 12.9. The highest BCUT2D eigenvalue weighted by atomic mass is 16.5. The Morgan fingerprint density at radius 1 is 0.879 bits per heavy atom. The molecule has 0 bridgehead atoms. The number of aromatic amines is 2. The first-order valence-corrected chi connectivity index (χ1v) is 20.8. The van der Waals surface area contributed by atoms with Crippen molar-refractivity contribution < 1.29 is 23.9 Å². The Balaban J connectivity index is 0.943. The zero-order chi connectivity index (χ0) is 40.8. The molecule has 58 heavy (non-hydrogen) atoms. The number of hydrogen-bond donors (Lipinski definition) is 4. The van der Waals surface area contributed by atoms with Crippen molar-refractivity contribution in [2.75, 3.05) is 20.2 Å². The van der Waals surface area contributed by atoms with Gasteiger partial charge >= 0.3 is 6.09 Å². The van der Waals surface area contributed by atoms with Crippen LogP contribution in [0.2, 0.25) is 0 Å². The summed E-state index contributed by atoms with van der Waals surface area (Å²) in [5, 5.41) is 2.72. The van der Waals surface area contributed by atoms with Crippen molar-refractivity contribution in [3.05, 3.63) is 71.4 Å². The Kier molecular flexibility index (Phi) is 10.5. The first kappa shape index (κ1) is 39.2. The average molecular weight is 787 g/mol. The molecule has 13 nitrogen and oxygen atoms in total. The highest BCUT2D eigenvalue weighted by molar-refractivity contribution is 5.86. The number of unbranched alkanes of at least 4 members (excludes halogenated alkanes) is 1. The predicted octanol–water partition coefficient (Wildman–Crippen LogP) is 6.52. The summed E-state index contributed by atoms with van der Waals surface area (Å²) in [4.78, 5) is 71.7. The maximum Gasteiger partial charge on any atom is 0.407 e. The van der Waals surface area contributed by atoms with E-state index in [9.17, 15) is 19.2 Å². The average Bonchev–Trinajstić information content (AvgIpc) is 3.83. The number of amides is 4. The number of carbonyl (C=O) groups is 4. The minimum atomic E-state index is -0.785. The van der Waals surface area contributed by atoms with Crippen LogP contribution >= 0.6 is 0 Å². The smallest absolute Gasteiger partial charge is 0.407 e. The zero-order valence-electron chi connectivity index (χ0n) is 33.9. The van der Waals surface area contributed by atoms with Crippen LogP contribution in [0.4, 0.5) is 4.79 Å². The standard InChI is InChI=1S/C45H54N8O5/c1-27(2)28(3)41(55)52-25-45(19-20-45)23-37(52)40-48-32-16-13-30(21-34(32)49-40)10-9-29-11-14-31(15-12-29)35-24-47-39(50-35)36-22-44(17-18-44)26-53(36)42(56)33(51-43(57)58-4)7-5-6-8-38(46)54/h11-16,21,24,27-28,33,36-37H,5-8,17-20,22-23,25-26H2,1-4H3,(H2,46,54)(H,47,50)(H,48,49)(H,51,57)/t28-,33-,36-,37-/m0/s1. The van der Waals surface area contributed by atoms with E-state index in [1.807, 2.05) is 54.3 Å². The molecule has 0 radical (unpaired) electrons. The van der Waals surface area contributed by atoms with Crippen LogP contribution in [0, 0.1) is 34.5 Å². The number of likely N-dealkylation sites (tertiary alicyclic amines) is 2. The molecule has 13 heteroatoms. The highest BCUT2D eigenvalue weighted by Crippen LogP contribution is 2.59. The lowest BCUT2D eigenvalue weighted by Crippen LogP contribution is -2.48. The molecule has 0 unspecified atom stereocenters. The Hall–Kier alpha value is -5.64. The maximum atomic E-state index is 14.0. The van der Waals surface area contributed by atoms with Gasteiger partial charge in [-0.05, 0) is 104 Å². The van der Waals surface area contributed by atoms with Gasteiger partial charge in [-0.3, -0.25) is 14.4 Å². The number of alkyl carbamates (subject to hydrolysis) is 1. The summed E-state index contributed by atoms with van der Waals surface area (Å²) >= 11 is 0. The molecular weight excluding hydrogens is 733 g/mol. The van der Waals surface area contributed by atoms with Gasteiger partial charge in [-0.25, -0.2) is 14.8 Å². The van der Waals surface area contributed by atoms with Crippen LogP contribution in [0.25, 0.3) is 22.3 Å². The fraction of sp³-hybridized carbons (Fsp3) is 0.511. The first-order valence-electron chi connectivity index (χ1n) is 20.8. The second-order valence-electron chi connectivity index (χ2n) is 17.7. The van der Waals surface area contributed by atoms with Gasteiger partial charge in [0, 0.05) is 36.6 Å². The van der Waals surface area contributed by atoms with Crippen LogP contribution < -0.4 is 11.1 Å². The molecule has 4 atom stereocenters. The lowest BCUT2D eigenvalue weighted by atomic mass is 9.96. The summed E-state index contributed by atoms with van der Waals surface area (Å²) in [5.41, 5.74) is 10.9. The second-order valence-corrected chi connectivity index (χ2v) is 17.7. The number of benzene rings is 2. The maximum absolute atomic E-state index is 14.0. The number of nitrogens with two attached hydrogens (primary N) is 1. The van der Waals surface area contributed by atoms with Crippen LogP contribution in [0.1, 0.15) is 120 Å². The van der Waals surface area contributed by atoms with Gasteiger partial charge in [0.15, 0.2) is 0 Å². The van der Waals surface area contributed by atoms with Gasteiger partial charge in [0.1, 0.15) is 17.7 Å².